The fourth-order valence-corrected chi connectivity index (χ4v) is 9.61. The van der Waals surface area contributed by atoms with Crippen molar-refractivity contribution in [3.05, 3.63) is 174 Å². The number of phenols is 1. The number of hydrogen-bond acceptors (Lipinski definition) is 10. The van der Waals surface area contributed by atoms with Gasteiger partial charge in [0.15, 0.2) is 0 Å². The zero-order valence-electron chi connectivity index (χ0n) is 43.3. The van der Waals surface area contributed by atoms with E-state index in [9.17, 15) is 43.8 Å². The lowest BCUT2D eigenvalue weighted by Gasteiger charge is -2.26. The van der Waals surface area contributed by atoms with Gasteiger partial charge in [-0.25, -0.2) is 4.79 Å². The van der Waals surface area contributed by atoms with Crippen molar-refractivity contribution < 1.29 is 43.8 Å². The molecule has 79 heavy (non-hydrogen) atoms. The highest BCUT2D eigenvalue weighted by molar-refractivity contribution is 5.97. The van der Waals surface area contributed by atoms with E-state index in [0.29, 0.717) is 41.6 Å². The Morgan fingerprint density at radius 1 is 0.456 bits per heavy atom. The van der Waals surface area contributed by atoms with Crippen molar-refractivity contribution in [1.29, 1.82) is 0 Å². The van der Waals surface area contributed by atoms with Crippen LogP contribution in [-0.4, -0.2) is 116 Å². The van der Waals surface area contributed by atoms with Gasteiger partial charge < -0.3 is 68.5 Å². The number of fused-ring (bicyclic) bond motifs is 3. The fourth-order valence-electron chi connectivity index (χ4n) is 9.61. The first kappa shape index (κ1) is 55.9. The molecule has 3 heterocycles. The van der Waals surface area contributed by atoms with Crippen LogP contribution in [0.3, 0.4) is 0 Å². The Labute approximate surface area is 454 Å². The lowest BCUT2D eigenvalue weighted by atomic mass is 10.0. The number of benzene rings is 5. The van der Waals surface area contributed by atoms with Crippen LogP contribution in [0.25, 0.3) is 32.7 Å². The number of H-pyrrole nitrogens is 3. The first-order valence-corrected chi connectivity index (χ1v) is 26.2. The van der Waals surface area contributed by atoms with Gasteiger partial charge in [0.1, 0.15) is 36.0 Å². The van der Waals surface area contributed by atoms with Gasteiger partial charge in [0.25, 0.3) is 0 Å². The number of nitrogens with two attached hydrogens (primary N) is 2. The smallest absolute Gasteiger partial charge is 0.326 e. The maximum absolute atomic E-state index is 14.8. The number of carboxylic acid groups (broad SMARTS) is 1. The van der Waals surface area contributed by atoms with E-state index in [0.717, 1.165) is 38.3 Å². The second kappa shape index (κ2) is 26.7. The number of aliphatic carboxylic acids is 1. The lowest BCUT2D eigenvalue weighted by molar-refractivity contribution is -0.142. The van der Waals surface area contributed by atoms with Crippen LogP contribution in [0.5, 0.6) is 5.75 Å². The predicted molar refractivity (Wildman–Crippen MR) is 299 cm³/mol. The highest BCUT2D eigenvalue weighted by atomic mass is 16.4. The fraction of sp³-hybridized carbons (Fsp3) is 0.271. The van der Waals surface area contributed by atoms with E-state index < -0.39 is 84.2 Å². The van der Waals surface area contributed by atoms with E-state index in [2.05, 4.69) is 46.9 Å². The Morgan fingerprint density at radius 3 is 1.42 bits per heavy atom. The normalized spacial score (nSPS) is 13.6. The number of para-hydroxylation sites is 3. The Balaban J connectivity index is 1.00. The molecule has 20 nitrogen and oxygen atoms in total. The van der Waals surface area contributed by atoms with Crippen molar-refractivity contribution in [1.82, 2.24) is 46.9 Å². The molecule has 0 saturated carbocycles. The molecule has 0 aliphatic heterocycles. The minimum absolute atomic E-state index is 0.0278. The standard InChI is InChI=1S/C59H65N11O9/c60-25-11-10-20-48(67-54(73)44(61)28-37-31-62-45-17-7-4-14-41(37)45)56(75)69-51(30-39-33-64-47-19-9-6-16-43(39)47)58(77)68-49(26-36-21-23-40(71)24-22-36)55(74)65-34-53(72)66-50(29-38-32-63-46-18-8-5-15-42(38)46)57(76)70-52(59(78)79)27-35-12-2-1-3-13-35/h1-9,12-19,21-24,31-33,44,48-52,62-64,71H,10-11,20,25-30,34,60-61H2,(H,65,74)(H,66,72)(H,67,73)(H,68,77)(H,69,75)(H,70,76)(H,78,79)/t44-,48-,49-,50-,51-,52-/m0/s1. The highest BCUT2D eigenvalue weighted by Gasteiger charge is 2.33. The minimum atomic E-state index is -1.38. The van der Waals surface area contributed by atoms with Gasteiger partial charge in [0.05, 0.1) is 12.6 Å². The number of carboxylic acids is 1. The largest absolute Gasteiger partial charge is 0.508 e. The van der Waals surface area contributed by atoms with E-state index in [-0.39, 0.29) is 44.3 Å². The molecule has 410 valence electrons. The Kier molecular flexibility index (Phi) is 18.9. The molecule has 6 atom stereocenters. The zero-order valence-corrected chi connectivity index (χ0v) is 43.3. The van der Waals surface area contributed by atoms with Gasteiger partial charge in [-0.3, -0.25) is 28.8 Å². The summed E-state index contributed by atoms with van der Waals surface area (Å²) in [6, 6.07) is 29.6. The van der Waals surface area contributed by atoms with Crippen molar-refractivity contribution in [3.8, 4) is 5.75 Å². The summed E-state index contributed by atoms with van der Waals surface area (Å²) < 4.78 is 0. The number of nitrogens with one attached hydrogen (secondary N) is 9. The highest BCUT2D eigenvalue weighted by Crippen LogP contribution is 2.23. The van der Waals surface area contributed by atoms with Crippen LogP contribution in [-0.2, 0) is 65.7 Å². The van der Waals surface area contributed by atoms with Crippen LogP contribution in [0.2, 0.25) is 0 Å². The van der Waals surface area contributed by atoms with E-state index in [1.165, 1.54) is 12.1 Å². The monoisotopic (exact) mass is 1070 g/mol. The van der Waals surface area contributed by atoms with Gasteiger partial charge in [-0.1, -0.05) is 97.1 Å². The average Bonchev–Trinajstić information content (AvgIpc) is 4.19. The average molecular weight is 1070 g/mol. The van der Waals surface area contributed by atoms with Crippen LogP contribution in [0.1, 0.15) is 47.1 Å². The number of unbranched alkanes of at least 4 members (excludes halogenated alkanes) is 1. The molecule has 0 unspecified atom stereocenters. The van der Waals surface area contributed by atoms with Gasteiger partial charge in [0, 0.05) is 77.0 Å². The molecule has 0 radical (unpaired) electrons. The molecule has 0 aliphatic carbocycles. The summed E-state index contributed by atoms with van der Waals surface area (Å²) in [5, 5.41) is 39.0. The zero-order chi connectivity index (χ0) is 55.8. The lowest BCUT2D eigenvalue weighted by Crippen LogP contribution is -2.59. The van der Waals surface area contributed by atoms with E-state index >= 15 is 0 Å². The third-order valence-electron chi connectivity index (χ3n) is 13.8. The summed E-state index contributed by atoms with van der Waals surface area (Å²) in [7, 11) is 0. The molecule has 0 spiro atoms. The Bertz CT molecular complexity index is 3410. The van der Waals surface area contributed by atoms with Crippen molar-refractivity contribution in [3.63, 3.8) is 0 Å². The third kappa shape index (κ3) is 15.0. The number of carbonyl (C=O) groups is 7. The number of hydrogen-bond donors (Lipinski definition) is 13. The topological polar surface area (TPSA) is 332 Å². The van der Waals surface area contributed by atoms with Gasteiger partial charge in [-0.15, -0.1) is 0 Å². The molecular formula is C59H65N11O9. The van der Waals surface area contributed by atoms with Crippen LogP contribution < -0.4 is 43.4 Å². The number of phenolic OH excluding ortho intramolecular Hbond substituents is 1. The number of rotatable bonds is 27. The van der Waals surface area contributed by atoms with E-state index in [1.54, 1.807) is 61.1 Å². The SMILES string of the molecule is NCCCC[C@H](NC(=O)[C@@H](N)Cc1c[nH]c2ccccc12)C(=O)N[C@@H](Cc1c[nH]c2ccccc12)C(=O)N[C@@H](Cc1ccc(O)cc1)C(=O)NCC(=O)N[C@@H](Cc1c[nH]c2ccccc12)C(=O)N[C@@H](Cc1ccccc1)C(=O)O. The first-order chi connectivity index (χ1) is 38.2. The maximum atomic E-state index is 14.8. The third-order valence-corrected chi connectivity index (χ3v) is 13.8. The summed E-state index contributed by atoms with van der Waals surface area (Å²) in [5.74, 6) is -5.74. The number of aromatic hydroxyl groups is 1. The second-order valence-corrected chi connectivity index (χ2v) is 19.6. The summed E-state index contributed by atoms with van der Waals surface area (Å²) in [5.41, 5.74) is 18.1. The summed E-state index contributed by atoms with van der Waals surface area (Å²) in [4.78, 5) is 107. The molecule has 6 amide bonds. The summed E-state index contributed by atoms with van der Waals surface area (Å²) >= 11 is 0. The van der Waals surface area contributed by atoms with Crippen molar-refractivity contribution in [2.45, 2.75) is 87.6 Å². The number of amides is 6. The molecule has 5 aromatic carbocycles. The summed E-state index contributed by atoms with van der Waals surface area (Å²) in [6.45, 7) is -0.337. The van der Waals surface area contributed by atoms with Gasteiger partial charge in [-0.05, 0) is 90.4 Å². The van der Waals surface area contributed by atoms with Crippen molar-refractivity contribution in [2.75, 3.05) is 13.1 Å². The Hall–Kier alpha value is -9.27. The number of aromatic nitrogens is 3. The number of aromatic amines is 3. The van der Waals surface area contributed by atoms with Crippen LogP contribution in [0.15, 0.2) is 146 Å². The van der Waals surface area contributed by atoms with Gasteiger partial charge in [0.2, 0.25) is 35.4 Å². The van der Waals surface area contributed by atoms with Crippen LogP contribution >= 0.6 is 0 Å². The van der Waals surface area contributed by atoms with Gasteiger partial charge in [-0.2, -0.15) is 0 Å². The molecule has 0 saturated heterocycles. The molecule has 8 aromatic rings. The minimum Gasteiger partial charge on any atom is -0.508 e. The predicted octanol–water partition coefficient (Wildman–Crippen LogP) is 3.43. The summed E-state index contributed by atoms with van der Waals surface area (Å²) in [6.07, 6.45) is 6.28. The molecule has 0 fully saturated rings. The van der Waals surface area contributed by atoms with Crippen molar-refractivity contribution >= 4 is 74.1 Å². The van der Waals surface area contributed by atoms with E-state index in [4.69, 9.17) is 11.5 Å². The second-order valence-electron chi connectivity index (χ2n) is 19.6. The molecule has 3 aromatic heterocycles. The molecule has 8 rings (SSSR count). The van der Waals surface area contributed by atoms with Crippen LogP contribution in [0.4, 0.5) is 0 Å². The molecule has 15 N–H and O–H groups in total. The number of carbonyl (C=O) groups excluding carboxylic acids is 6. The quantitative estimate of drug-likeness (QED) is 0.0331. The maximum Gasteiger partial charge on any atom is 0.326 e. The molecule has 0 bridgehead atoms. The first-order valence-electron chi connectivity index (χ1n) is 26.2. The molecule has 20 heteroatoms. The van der Waals surface area contributed by atoms with Gasteiger partial charge >= 0.3 is 5.97 Å². The van der Waals surface area contributed by atoms with Crippen molar-refractivity contribution in [2.24, 2.45) is 11.5 Å². The molecule has 0 aliphatic rings. The van der Waals surface area contributed by atoms with E-state index in [1.807, 2.05) is 72.8 Å². The Morgan fingerprint density at radius 2 is 0.886 bits per heavy atom. The van der Waals surface area contributed by atoms with Crippen LogP contribution in [0, 0.1) is 0 Å². The molecular weight excluding hydrogens is 1010 g/mol.